The molecule has 170 valence electrons. The van der Waals surface area contributed by atoms with Gasteiger partial charge in [0.05, 0.1) is 18.1 Å². The van der Waals surface area contributed by atoms with Gasteiger partial charge in [0, 0.05) is 39.2 Å². The van der Waals surface area contributed by atoms with E-state index in [1.807, 2.05) is 65.4 Å². The second kappa shape index (κ2) is 9.12. The summed E-state index contributed by atoms with van der Waals surface area (Å²) >= 11 is 1.58. The number of nitrogens with one attached hydrogen (secondary N) is 1. The summed E-state index contributed by atoms with van der Waals surface area (Å²) in [5.41, 5.74) is 7.90. The van der Waals surface area contributed by atoms with Crippen LogP contribution < -0.4 is 5.43 Å². The monoisotopic (exact) mass is 477 g/mol. The van der Waals surface area contributed by atoms with Gasteiger partial charge in [0.15, 0.2) is 5.82 Å². The fraction of sp³-hybridized carbons (Fsp3) is 0.0357. The number of thiophene rings is 1. The molecular formula is C28H20FN5S. The van der Waals surface area contributed by atoms with Crippen LogP contribution in [0.3, 0.4) is 0 Å². The third-order valence-corrected chi connectivity index (χ3v) is 6.83. The molecule has 0 aliphatic carbocycles. The van der Waals surface area contributed by atoms with E-state index in [4.69, 9.17) is 0 Å². The van der Waals surface area contributed by atoms with Crippen LogP contribution in [-0.4, -0.2) is 20.7 Å². The molecule has 3 aromatic carbocycles. The molecular weight excluding hydrogens is 457 g/mol. The van der Waals surface area contributed by atoms with Crippen molar-refractivity contribution in [2.45, 2.75) is 6.54 Å². The lowest BCUT2D eigenvalue weighted by molar-refractivity contribution is 0.602. The van der Waals surface area contributed by atoms with E-state index in [1.54, 1.807) is 29.9 Å². The van der Waals surface area contributed by atoms with Gasteiger partial charge in [0.1, 0.15) is 17.0 Å². The normalized spacial score (nSPS) is 11.6. The SMILES string of the molecule is Fc1ccccc1Cn1cc(C=NNc2ncnc3scc(-c4ccccc4)c23)c2ccccc21. The van der Waals surface area contributed by atoms with E-state index in [2.05, 4.69) is 38.0 Å². The van der Waals surface area contributed by atoms with Crippen molar-refractivity contribution in [1.29, 1.82) is 0 Å². The maximum absolute atomic E-state index is 14.3. The summed E-state index contributed by atoms with van der Waals surface area (Å²) in [6, 6.07) is 25.1. The Bertz CT molecular complexity index is 1670. The number of benzene rings is 3. The van der Waals surface area contributed by atoms with Crippen molar-refractivity contribution >= 4 is 44.5 Å². The Kier molecular flexibility index (Phi) is 5.52. The van der Waals surface area contributed by atoms with Gasteiger partial charge in [-0.1, -0.05) is 66.7 Å². The first-order valence-electron chi connectivity index (χ1n) is 11.2. The highest BCUT2D eigenvalue weighted by Crippen LogP contribution is 2.36. The maximum atomic E-state index is 14.3. The number of fused-ring (bicyclic) bond motifs is 2. The van der Waals surface area contributed by atoms with Gasteiger partial charge in [-0.2, -0.15) is 5.10 Å². The van der Waals surface area contributed by atoms with Gasteiger partial charge in [-0.3, -0.25) is 5.43 Å². The number of hydrogen-bond donors (Lipinski definition) is 1. The summed E-state index contributed by atoms with van der Waals surface area (Å²) < 4.78 is 16.3. The lowest BCUT2D eigenvalue weighted by Gasteiger charge is -2.06. The van der Waals surface area contributed by atoms with Crippen molar-refractivity contribution in [3.8, 4) is 11.1 Å². The van der Waals surface area contributed by atoms with Gasteiger partial charge < -0.3 is 4.57 Å². The Morgan fingerprint density at radius 2 is 1.74 bits per heavy atom. The van der Waals surface area contributed by atoms with Gasteiger partial charge in [-0.05, 0) is 17.7 Å². The van der Waals surface area contributed by atoms with Crippen LogP contribution in [0.5, 0.6) is 0 Å². The average molecular weight is 478 g/mol. The minimum atomic E-state index is -0.208. The zero-order valence-electron chi connectivity index (χ0n) is 18.6. The number of hydrogen-bond acceptors (Lipinski definition) is 5. The molecule has 3 aromatic heterocycles. The van der Waals surface area contributed by atoms with Crippen LogP contribution in [0.15, 0.2) is 102 Å². The van der Waals surface area contributed by atoms with Gasteiger partial charge in [0.25, 0.3) is 0 Å². The van der Waals surface area contributed by atoms with Crippen LogP contribution >= 0.6 is 11.3 Å². The van der Waals surface area contributed by atoms with E-state index < -0.39 is 0 Å². The van der Waals surface area contributed by atoms with Gasteiger partial charge in [0.2, 0.25) is 0 Å². The largest absolute Gasteiger partial charge is 0.342 e. The highest BCUT2D eigenvalue weighted by atomic mass is 32.1. The molecule has 0 saturated carbocycles. The highest BCUT2D eigenvalue weighted by molar-refractivity contribution is 7.17. The number of hydrazone groups is 1. The van der Waals surface area contributed by atoms with Crippen LogP contribution in [0.1, 0.15) is 11.1 Å². The van der Waals surface area contributed by atoms with E-state index in [9.17, 15) is 4.39 Å². The molecule has 7 heteroatoms. The summed E-state index contributed by atoms with van der Waals surface area (Å²) in [4.78, 5) is 9.78. The quantitative estimate of drug-likeness (QED) is 0.209. The van der Waals surface area contributed by atoms with E-state index in [0.717, 1.165) is 37.8 Å². The summed E-state index contributed by atoms with van der Waals surface area (Å²) in [7, 11) is 0. The fourth-order valence-electron chi connectivity index (χ4n) is 4.27. The Hall–Kier alpha value is -4.36. The lowest BCUT2D eigenvalue weighted by atomic mass is 10.1. The molecule has 0 aliphatic rings. The number of nitrogens with zero attached hydrogens (tertiary/aromatic N) is 4. The molecule has 35 heavy (non-hydrogen) atoms. The molecule has 0 saturated heterocycles. The van der Waals surface area contributed by atoms with E-state index in [1.165, 1.54) is 6.07 Å². The Labute approximate surface area is 205 Å². The zero-order valence-corrected chi connectivity index (χ0v) is 19.4. The third-order valence-electron chi connectivity index (χ3n) is 5.95. The summed E-state index contributed by atoms with van der Waals surface area (Å²) in [5, 5.41) is 8.60. The first-order chi connectivity index (χ1) is 17.3. The molecule has 5 nitrogen and oxygen atoms in total. The van der Waals surface area contributed by atoms with Crippen molar-refractivity contribution in [3.63, 3.8) is 0 Å². The first kappa shape index (κ1) is 21.2. The van der Waals surface area contributed by atoms with Crippen LogP contribution in [0, 0.1) is 5.82 Å². The van der Waals surface area contributed by atoms with Crippen molar-refractivity contribution in [1.82, 2.24) is 14.5 Å². The van der Waals surface area contributed by atoms with E-state index in [0.29, 0.717) is 17.9 Å². The number of halogens is 1. The molecule has 6 aromatic rings. The molecule has 0 bridgehead atoms. The second-order valence-electron chi connectivity index (χ2n) is 8.11. The van der Waals surface area contributed by atoms with Gasteiger partial charge >= 0.3 is 0 Å². The third kappa shape index (κ3) is 4.06. The van der Waals surface area contributed by atoms with Crippen LogP contribution in [0.4, 0.5) is 10.2 Å². The molecule has 0 fully saturated rings. The smallest absolute Gasteiger partial charge is 0.159 e. The molecule has 0 aliphatic heterocycles. The standard InChI is InChI=1S/C28H20FN5S/c29-24-12-6-4-10-20(24)15-34-16-21(22-11-5-7-13-25(22)34)14-32-33-27-26-23(19-8-2-1-3-9-19)17-35-28(26)31-18-30-27/h1-14,16-18H,15H2,(H,30,31,33). The summed E-state index contributed by atoms with van der Waals surface area (Å²) in [5.74, 6) is 0.446. The molecule has 0 unspecified atom stereocenters. The predicted molar refractivity (Wildman–Crippen MR) is 142 cm³/mol. The predicted octanol–water partition coefficient (Wildman–Crippen LogP) is 6.95. The van der Waals surface area contributed by atoms with Crippen molar-refractivity contribution in [2.75, 3.05) is 5.43 Å². The molecule has 1 N–H and O–H groups in total. The van der Waals surface area contributed by atoms with E-state index in [-0.39, 0.29) is 5.82 Å². The average Bonchev–Trinajstić information content (AvgIpc) is 3.49. The van der Waals surface area contributed by atoms with Crippen molar-refractivity contribution in [2.24, 2.45) is 5.10 Å². The van der Waals surface area contributed by atoms with Crippen molar-refractivity contribution < 1.29 is 4.39 Å². The summed E-state index contributed by atoms with van der Waals surface area (Å²) in [6.45, 7) is 0.441. The molecule has 0 amide bonds. The van der Waals surface area contributed by atoms with Crippen molar-refractivity contribution in [3.05, 3.63) is 114 Å². The lowest BCUT2D eigenvalue weighted by Crippen LogP contribution is -2.00. The second-order valence-corrected chi connectivity index (χ2v) is 8.97. The minimum absolute atomic E-state index is 0.208. The molecule has 0 spiro atoms. The van der Waals surface area contributed by atoms with Crippen LogP contribution in [-0.2, 0) is 6.54 Å². The Morgan fingerprint density at radius 1 is 0.943 bits per heavy atom. The fourth-order valence-corrected chi connectivity index (χ4v) is 5.19. The Morgan fingerprint density at radius 3 is 2.63 bits per heavy atom. The highest BCUT2D eigenvalue weighted by Gasteiger charge is 2.13. The maximum Gasteiger partial charge on any atom is 0.159 e. The van der Waals surface area contributed by atoms with Crippen LogP contribution in [0.25, 0.3) is 32.2 Å². The number of rotatable bonds is 6. The van der Waals surface area contributed by atoms with E-state index >= 15 is 0 Å². The van der Waals surface area contributed by atoms with Gasteiger partial charge in [-0.25, -0.2) is 14.4 Å². The topological polar surface area (TPSA) is 55.1 Å². The minimum Gasteiger partial charge on any atom is -0.342 e. The molecule has 0 atom stereocenters. The molecule has 3 heterocycles. The summed E-state index contributed by atoms with van der Waals surface area (Å²) in [6.07, 6.45) is 5.33. The van der Waals surface area contributed by atoms with Crippen LogP contribution in [0.2, 0.25) is 0 Å². The number of anilines is 1. The number of para-hydroxylation sites is 1. The molecule has 6 rings (SSSR count). The zero-order chi connectivity index (χ0) is 23.6. The first-order valence-corrected chi connectivity index (χ1v) is 12.0. The Balaban J connectivity index is 1.33. The van der Waals surface area contributed by atoms with Gasteiger partial charge in [-0.15, -0.1) is 11.3 Å². The number of aromatic nitrogens is 3. The molecule has 0 radical (unpaired) electrons.